The lowest BCUT2D eigenvalue weighted by molar-refractivity contribution is 0.223. The summed E-state index contributed by atoms with van der Waals surface area (Å²) in [6, 6.07) is 10.6. The molecular formula is C19H22ClNOS. The summed E-state index contributed by atoms with van der Waals surface area (Å²) in [6.45, 7) is 4.43. The van der Waals surface area contributed by atoms with Crippen LogP contribution in [0.5, 0.6) is 0 Å². The maximum Gasteiger partial charge on any atom is 0.0608 e. The van der Waals surface area contributed by atoms with Crippen molar-refractivity contribution in [3.05, 3.63) is 62.8 Å². The number of halogens is 1. The molecule has 1 unspecified atom stereocenters. The average Bonchev–Trinajstić information content (AvgIpc) is 3.00. The van der Waals surface area contributed by atoms with Crippen LogP contribution in [0.15, 0.2) is 41.8 Å². The van der Waals surface area contributed by atoms with Gasteiger partial charge in [-0.05, 0) is 59.7 Å². The van der Waals surface area contributed by atoms with Crippen LogP contribution in [-0.4, -0.2) is 23.2 Å². The fraction of sp³-hybridized carbons (Fsp3) is 0.368. The minimum Gasteiger partial charge on any atom is -0.396 e. The van der Waals surface area contributed by atoms with Gasteiger partial charge >= 0.3 is 0 Å². The number of benzene rings is 1. The molecule has 1 atom stereocenters. The van der Waals surface area contributed by atoms with E-state index in [0.29, 0.717) is 6.42 Å². The Morgan fingerprint density at radius 3 is 3.00 bits per heavy atom. The Morgan fingerprint density at radius 2 is 2.26 bits per heavy atom. The second kappa shape index (κ2) is 7.63. The van der Waals surface area contributed by atoms with Crippen LogP contribution in [0.4, 0.5) is 0 Å². The van der Waals surface area contributed by atoms with E-state index in [2.05, 4.69) is 41.5 Å². The molecule has 1 aliphatic heterocycles. The van der Waals surface area contributed by atoms with Crippen molar-refractivity contribution in [2.45, 2.75) is 32.4 Å². The Hall–Kier alpha value is -1.13. The van der Waals surface area contributed by atoms with Gasteiger partial charge in [0.25, 0.3) is 0 Å². The molecule has 23 heavy (non-hydrogen) atoms. The van der Waals surface area contributed by atoms with E-state index in [-0.39, 0.29) is 12.6 Å². The summed E-state index contributed by atoms with van der Waals surface area (Å²) in [5.41, 5.74) is 3.87. The summed E-state index contributed by atoms with van der Waals surface area (Å²) in [4.78, 5) is 3.94. The lowest BCUT2D eigenvalue weighted by Gasteiger charge is -2.38. The van der Waals surface area contributed by atoms with Crippen LogP contribution in [0.3, 0.4) is 0 Å². The van der Waals surface area contributed by atoms with Crippen molar-refractivity contribution >= 4 is 28.5 Å². The van der Waals surface area contributed by atoms with Gasteiger partial charge in [-0.1, -0.05) is 36.7 Å². The fourth-order valence-corrected chi connectivity index (χ4v) is 4.46. The SMILES string of the molecule is CCCN1Cc2sccc2/C(=C\CCO)C1c1cccc(Cl)c1. The van der Waals surface area contributed by atoms with Crippen LogP contribution in [0.1, 0.15) is 41.8 Å². The van der Waals surface area contributed by atoms with Gasteiger partial charge < -0.3 is 5.11 Å². The Kier molecular flexibility index (Phi) is 5.54. The van der Waals surface area contributed by atoms with Gasteiger partial charge in [0.1, 0.15) is 0 Å². The molecule has 0 spiro atoms. The first kappa shape index (κ1) is 16.7. The normalized spacial score (nSPS) is 20.0. The van der Waals surface area contributed by atoms with Crippen molar-refractivity contribution in [3.63, 3.8) is 0 Å². The second-order valence-electron chi connectivity index (χ2n) is 5.86. The Balaban J connectivity index is 2.09. The van der Waals surface area contributed by atoms with Crippen LogP contribution in [0.25, 0.3) is 5.57 Å². The number of hydrogen-bond acceptors (Lipinski definition) is 3. The van der Waals surface area contributed by atoms with Crippen molar-refractivity contribution in [1.29, 1.82) is 0 Å². The van der Waals surface area contributed by atoms with E-state index < -0.39 is 0 Å². The maximum absolute atomic E-state index is 9.29. The van der Waals surface area contributed by atoms with Gasteiger partial charge in [0.15, 0.2) is 0 Å². The molecule has 0 amide bonds. The van der Waals surface area contributed by atoms with E-state index in [9.17, 15) is 5.11 Å². The molecule has 2 aromatic rings. The van der Waals surface area contributed by atoms with Crippen LogP contribution >= 0.6 is 22.9 Å². The molecule has 1 aromatic heterocycles. The van der Waals surface area contributed by atoms with Crippen LogP contribution in [0, 0.1) is 0 Å². The predicted molar refractivity (Wildman–Crippen MR) is 98.9 cm³/mol. The zero-order valence-corrected chi connectivity index (χ0v) is 14.9. The first-order valence-corrected chi connectivity index (χ1v) is 9.37. The molecule has 0 fully saturated rings. The minimum absolute atomic E-state index is 0.180. The molecule has 1 aliphatic rings. The number of fused-ring (bicyclic) bond motifs is 1. The third kappa shape index (κ3) is 3.53. The summed E-state index contributed by atoms with van der Waals surface area (Å²) in [5.74, 6) is 0. The molecule has 2 heterocycles. The van der Waals surface area contributed by atoms with Crippen LogP contribution in [-0.2, 0) is 6.54 Å². The maximum atomic E-state index is 9.29. The van der Waals surface area contributed by atoms with Crippen molar-refractivity contribution in [2.24, 2.45) is 0 Å². The highest BCUT2D eigenvalue weighted by Crippen LogP contribution is 2.44. The number of nitrogens with zero attached hydrogens (tertiary/aromatic N) is 1. The Labute approximate surface area is 147 Å². The number of rotatable bonds is 5. The molecule has 2 nitrogen and oxygen atoms in total. The van der Waals surface area contributed by atoms with E-state index in [1.807, 2.05) is 23.5 Å². The topological polar surface area (TPSA) is 23.5 Å². The van der Waals surface area contributed by atoms with Gasteiger partial charge in [0, 0.05) is 23.1 Å². The quantitative estimate of drug-likeness (QED) is 0.810. The molecule has 1 N–H and O–H groups in total. The summed E-state index contributed by atoms with van der Waals surface area (Å²) < 4.78 is 0. The highest BCUT2D eigenvalue weighted by Gasteiger charge is 2.31. The number of hydrogen-bond donors (Lipinski definition) is 1. The van der Waals surface area contributed by atoms with Crippen molar-refractivity contribution < 1.29 is 5.11 Å². The highest BCUT2D eigenvalue weighted by atomic mass is 35.5. The molecule has 0 bridgehead atoms. The van der Waals surface area contributed by atoms with E-state index in [4.69, 9.17) is 11.6 Å². The standard InChI is InChI=1S/C19H22ClNOS/c1-2-9-21-13-18-16(8-11-23-18)17(7-4-10-22)19(21)14-5-3-6-15(20)12-14/h3,5-8,11-12,19,22H,2,4,9-10,13H2,1H3/b17-7+. The predicted octanol–water partition coefficient (Wildman–Crippen LogP) is 5.13. The lowest BCUT2D eigenvalue weighted by atomic mass is 9.87. The third-order valence-electron chi connectivity index (χ3n) is 4.23. The largest absolute Gasteiger partial charge is 0.396 e. The van der Waals surface area contributed by atoms with E-state index in [1.165, 1.54) is 21.6 Å². The first-order chi connectivity index (χ1) is 11.2. The number of aliphatic hydroxyl groups excluding tert-OH is 1. The smallest absolute Gasteiger partial charge is 0.0608 e. The molecule has 0 saturated heterocycles. The summed E-state index contributed by atoms with van der Waals surface area (Å²) in [5, 5.41) is 12.2. The molecule has 0 saturated carbocycles. The zero-order valence-electron chi connectivity index (χ0n) is 13.3. The Morgan fingerprint density at radius 1 is 1.39 bits per heavy atom. The summed E-state index contributed by atoms with van der Waals surface area (Å²) in [7, 11) is 0. The van der Waals surface area contributed by atoms with Gasteiger partial charge in [0.2, 0.25) is 0 Å². The lowest BCUT2D eigenvalue weighted by Crippen LogP contribution is -2.33. The first-order valence-electron chi connectivity index (χ1n) is 8.11. The molecule has 4 heteroatoms. The molecule has 1 aromatic carbocycles. The van der Waals surface area contributed by atoms with Crippen LogP contribution < -0.4 is 0 Å². The van der Waals surface area contributed by atoms with Crippen LogP contribution in [0.2, 0.25) is 5.02 Å². The van der Waals surface area contributed by atoms with Crippen molar-refractivity contribution in [2.75, 3.05) is 13.2 Å². The van der Waals surface area contributed by atoms with Gasteiger partial charge in [-0.3, -0.25) is 4.90 Å². The van der Waals surface area contributed by atoms with Gasteiger partial charge in [0.05, 0.1) is 6.04 Å². The van der Waals surface area contributed by atoms with Crippen molar-refractivity contribution in [3.8, 4) is 0 Å². The fourth-order valence-electron chi connectivity index (χ4n) is 3.34. The summed E-state index contributed by atoms with van der Waals surface area (Å²) in [6.07, 6.45) is 3.99. The molecule has 3 rings (SSSR count). The molecule has 0 radical (unpaired) electrons. The van der Waals surface area contributed by atoms with Gasteiger partial charge in [-0.2, -0.15) is 0 Å². The highest BCUT2D eigenvalue weighted by molar-refractivity contribution is 7.10. The number of thiophene rings is 1. The number of aliphatic hydroxyl groups is 1. The molecule has 122 valence electrons. The zero-order chi connectivity index (χ0) is 16.2. The van der Waals surface area contributed by atoms with E-state index in [0.717, 1.165) is 24.5 Å². The minimum atomic E-state index is 0.180. The third-order valence-corrected chi connectivity index (χ3v) is 5.37. The summed E-state index contributed by atoms with van der Waals surface area (Å²) >= 11 is 8.07. The van der Waals surface area contributed by atoms with E-state index in [1.54, 1.807) is 0 Å². The second-order valence-corrected chi connectivity index (χ2v) is 7.29. The monoisotopic (exact) mass is 347 g/mol. The molecule has 0 aliphatic carbocycles. The van der Waals surface area contributed by atoms with Crippen molar-refractivity contribution in [1.82, 2.24) is 4.90 Å². The Bertz CT molecular complexity index is 694. The van der Waals surface area contributed by atoms with Gasteiger partial charge in [-0.25, -0.2) is 0 Å². The van der Waals surface area contributed by atoms with Gasteiger partial charge in [-0.15, -0.1) is 11.3 Å². The van der Waals surface area contributed by atoms with E-state index >= 15 is 0 Å². The average molecular weight is 348 g/mol. The molecular weight excluding hydrogens is 326 g/mol.